The lowest BCUT2D eigenvalue weighted by Crippen LogP contribution is -2.16. The lowest BCUT2D eigenvalue weighted by molar-refractivity contribution is 0.286. The van der Waals surface area contributed by atoms with E-state index in [4.69, 9.17) is 9.47 Å². The Hall–Kier alpha value is -1.48. The number of unbranched alkanes of at least 4 members (excludes halogenated alkanes) is 1. The van der Waals surface area contributed by atoms with Crippen molar-refractivity contribution in [2.24, 2.45) is 0 Å². The van der Waals surface area contributed by atoms with Gasteiger partial charge in [0.15, 0.2) is 11.5 Å². The fourth-order valence-corrected chi connectivity index (χ4v) is 1.94. The maximum Gasteiger partial charge on any atom is 0.161 e. The van der Waals surface area contributed by atoms with E-state index in [1.165, 1.54) is 6.42 Å². The smallest absolute Gasteiger partial charge is 0.161 e. The van der Waals surface area contributed by atoms with Gasteiger partial charge in [-0.15, -0.1) is 0 Å². The zero-order valence-electron chi connectivity index (χ0n) is 12.9. The second-order valence-corrected chi connectivity index (χ2v) is 4.72. The molecule has 3 heteroatoms. The van der Waals surface area contributed by atoms with Gasteiger partial charge in [-0.1, -0.05) is 25.1 Å². The fraction of sp³-hybridized carbons (Fsp3) is 0.529. The monoisotopic (exact) mass is 277 g/mol. The van der Waals surface area contributed by atoms with Crippen LogP contribution in [-0.4, -0.2) is 26.8 Å². The van der Waals surface area contributed by atoms with Crippen LogP contribution in [0.1, 0.15) is 38.7 Å². The molecule has 1 rings (SSSR count). The molecule has 0 unspecified atom stereocenters. The van der Waals surface area contributed by atoms with Gasteiger partial charge in [-0.05, 0) is 57.0 Å². The number of benzene rings is 1. The lowest BCUT2D eigenvalue weighted by atomic mass is 10.2. The third-order valence-corrected chi connectivity index (χ3v) is 2.98. The highest BCUT2D eigenvalue weighted by molar-refractivity contribution is 5.55. The normalized spacial score (nSPS) is 10.9. The molecule has 1 N–H and O–H groups in total. The summed E-state index contributed by atoms with van der Waals surface area (Å²) >= 11 is 0. The lowest BCUT2D eigenvalue weighted by Gasteiger charge is -2.11. The largest absolute Gasteiger partial charge is 0.493 e. The number of nitrogens with one attached hydrogen (secondary N) is 1. The molecule has 0 saturated heterocycles. The van der Waals surface area contributed by atoms with Crippen molar-refractivity contribution in [2.45, 2.75) is 33.1 Å². The molecular formula is C17H27NO2. The topological polar surface area (TPSA) is 30.5 Å². The maximum atomic E-state index is 5.79. The third-order valence-electron chi connectivity index (χ3n) is 2.98. The van der Waals surface area contributed by atoms with Crippen LogP contribution >= 0.6 is 0 Å². The van der Waals surface area contributed by atoms with Crippen LogP contribution in [0.4, 0.5) is 0 Å². The standard InChI is InChI=1S/C17H27NO2/c1-4-8-15-9-10-16(17(14-15)19-3)20-13-7-6-12-18-11-5-2/h4,8-10,14,18H,5-7,11-13H2,1-3H3. The molecule has 0 aromatic heterocycles. The second kappa shape index (κ2) is 10.3. The van der Waals surface area contributed by atoms with E-state index in [0.29, 0.717) is 0 Å². The molecular weight excluding hydrogens is 250 g/mol. The molecule has 1 aromatic carbocycles. The van der Waals surface area contributed by atoms with Crippen molar-refractivity contribution in [3.05, 3.63) is 29.8 Å². The second-order valence-electron chi connectivity index (χ2n) is 4.72. The highest BCUT2D eigenvalue weighted by Gasteiger charge is 2.04. The van der Waals surface area contributed by atoms with Crippen molar-refractivity contribution in [3.63, 3.8) is 0 Å². The van der Waals surface area contributed by atoms with Gasteiger partial charge >= 0.3 is 0 Å². The van der Waals surface area contributed by atoms with Crippen LogP contribution in [0.2, 0.25) is 0 Å². The average molecular weight is 277 g/mol. The van der Waals surface area contributed by atoms with Crippen molar-refractivity contribution >= 4 is 6.08 Å². The average Bonchev–Trinajstić information content (AvgIpc) is 2.47. The van der Waals surface area contributed by atoms with Crippen molar-refractivity contribution in [1.82, 2.24) is 5.32 Å². The third kappa shape index (κ3) is 6.11. The van der Waals surface area contributed by atoms with Crippen LogP contribution in [-0.2, 0) is 0 Å². The Kier molecular flexibility index (Phi) is 8.56. The van der Waals surface area contributed by atoms with Crippen molar-refractivity contribution in [3.8, 4) is 11.5 Å². The number of allylic oxidation sites excluding steroid dienone is 1. The summed E-state index contributed by atoms with van der Waals surface area (Å²) in [5.74, 6) is 1.62. The van der Waals surface area contributed by atoms with Gasteiger partial charge < -0.3 is 14.8 Å². The van der Waals surface area contributed by atoms with Gasteiger partial charge in [-0.25, -0.2) is 0 Å². The van der Waals surface area contributed by atoms with Gasteiger partial charge in [-0.3, -0.25) is 0 Å². The zero-order valence-corrected chi connectivity index (χ0v) is 12.9. The summed E-state index contributed by atoms with van der Waals surface area (Å²) in [4.78, 5) is 0. The van der Waals surface area contributed by atoms with Gasteiger partial charge in [0.25, 0.3) is 0 Å². The Morgan fingerprint density at radius 1 is 1.15 bits per heavy atom. The van der Waals surface area contributed by atoms with Crippen LogP contribution in [0.5, 0.6) is 11.5 Å². The molecule has 0 heterocycles. The highest BCUT2D eigenvalue weighted by Crippen LogP contribution is 2.28. The molecule has 0 amide bonds. The Morgan fingerprint density at radius 3 is 2.70 bits per heavy atom. The van der Waals surface area contributed by atoms with E-state index in [1.807, 2.05) is 37.3 Å². The number of methoxy groups -OCH3 is 1. The Bertz CT molecular complexity index is 402. The van der Waals surface area contributed by atoms with E-state index in [-0.39, 0.29) is 0 Å². The van der Waals surface area contributed by atoms with Crippen molar-refractivity contribution in [1.29, 1.82) is 0 Å². The summed E-state index contributed by atoms with van der Waals surface area (Å²) in [7, 11) is 1.68. The SMILES string of the molecule is CC=Cc1ccc(OCCCCNCCC)c(OC)c1. The van der Waals surface area contributed by atoms with E-state index >= 15 is 0 Å². The molecule has 112 valence electrons. The molecule has 0 bridgehead atoms. The molecule has 0 radical (unpaired) electrons. The predicted molar refractivity (Wildman–Crippen MR) is 85.6 cm³/mol. The number of rotatable bonds is 10. The molecule has 0 spiro atoms. The van der Waals surface area contributed by atoms with Gasteiger partial charge in [0, 0.05) is 0 Å². The molecule has 0 aliphatic carbocycles. The first-order chi connectivity index (χ1) is 9.81. The molecule has 1 aromatic rings. The predicted octanol–water partition coefficient (Wildman–Crippen LogP) is 3.89. The fourth-order valence-electron chi connectivity index (χ4n) is 1.94. The molecule has 0 saturated carbocycles. The van der Waals surface area contributed by atoms with Crippen LogP contribution in [0, 0.1) is 0 Å². The first-order valence-corrected chi connectivity index (χ1v) is 7.46. The molecule has 0 fully saturated rings. The van der Waals surface area contributed by atoms with Crippen molar-refractivity contribution < 1.29 is 9.47 Å². The van der Waals surface area contributed by atoms with E-state index in [2.05, 4.69) is 12.2 Å². The number of hydrogen-bond donors (Lipinski definition) is 1. The van der Waals surface area contributed by atoms with Gasteiger partial charge in [0.1, 0.15) is 0 Å². The van der Waals surface area contributed by atoms with E-state index in [9.17, 15) is 0 Å². The summed E-state index contributed by atoms with van der Waals surface area (Å²) in [6, 6.07) is 6.02. The van der Waals surface area contributed by atoms with Crippen LogP contribution in [0.25, 0.3) is 6.08 Å². The van der Waals surface area contributed by atoms with Gasteiger partial charge in [-0.2, -0.15) is 0 Å². The Morgan fingerprint density at radius 2 is 2.00 bits per heavy atom. The molecule has 0 atom stereocenters. The van der Waals surface area contributed by atoms with Crippen molar-refractivity contribution in [2.75, 3.05) is 26.8 Å². The van der Waals surface area contributed by atoms with E-state index < -0.39 is 0 Å². The first kappa shape index (κ1) is 16.6. The first-order valence-electron chi connectivity index (χ1n) is 7.46. The van der Waals surface area contributed by atoms with Crippen LogP contribution in [0.3, 0.4) is 0 Å². The Labute approximate surface area is 123 Å². The van der Waals surface area contributed by atoms with E-state index in [0.717, 1.165) is 49.6 Å². The maximum absolute atomic E-state index is 5.79. The van der Waals surface area contributed by atoms with Crippen LogP contribution < -0.4 is 14.8 Å². The van der Waals surface area contributed by atoms with Gasteiger partial charge in [0.2, 0.25) is 0 Å². The number of hydrogen-bond acceptors (Lipinski definition) is 3. The summed E-state index contributed by atoms with van der Waals surface area (Å²) in [6.45, 7) is 7.08. The minimum absolute atomic E-state index is 0.729. The van der Waals surface area contributed by atoms with Crippen LogP contribution in [0.15, 0.2) is 24.3 Å². The minimum Gasteiger partial charge on any atom is -0.493 e. The summed E-state index contributed by atoms with van der Waals surface area (Å²) in [6.07, 6.45) is 7.44. The molecule has 0 aliphatic rings. The molecule has 0 aliphatic heterocycles. The highest BCUT2D eigenvalue weighted by atomic mass is 16.5. The Balaban J connectivity index is 2.36. The van der Waals surface area contributed by atoms with Gasteiger partial charge in [0.05, 0.1) is 13.7 Å². The summed E-state index contributed by atoms with van der Waals surface area (Å²) in [5.41, 5.74) is 1.13. The summed E-state index contributed by atoms with van der Waals surface area (Å²) in [5, 5.41) is 3.39. The molecule has 3 nitrogen and oxygen atoms in total. The molecule has 20 heavy (non-hydrogen) atoms. The minimum atomic E-state index is 0.729. The van der Waals surface area contributed by atoms with E-state index in [1.54, 1.807) is 7.11 Å². The quantitative estimate of drug-likeness (QED) is 0.658. The zero-order chi connectivity index (χ0) is 14.6. The summed E-state index contributed by atoms with van der Waals surface area (Å²) < 4.78 is 11.2. The number of ether oxygens (including phenoxy) is 2.